The Kier molecular flexibility index (Phi) is 4.03. The van der Waals surface area contributed by atoms with Crippen LogP contribution in [0.4, 0.5) is 5.00 Å². The van der Waals surface area contributed by atoms with Gasteiger partial charge in [0.2, 0.25) is 11.8 Å². The van der Waals surface area contributed by atoms with Crippen molar-refractivity contribution in [2.24, 2.45) is 0 Å². The minimum absolute atomic E-state index is 0.118. The minimum Gasteiger partial charge on any atom is -0.338 e. The second-order valence-corrected chi connectivity index (χ2v) is 6.33. The lowest BCUT2D eigenvalue weighted by Crippen LogP contribution is -2.49. The van der Waals surface area contributed by atoms with Crippen LogP contribution in [0.5, 0.6) is 0 Å². The first-order valence-corrected chi connectivity index (χ1v) is 7.90. The van der Waals surface area contributed by atoms with Crippen molar-refractivity contribution in [3.05, 3.63) is 29.2 Å². The van der Waals surface area contributed by atoms with Crippen molar-refractivity contribution in [1.82, 2.24) is 15.0 Å². The molecule has 0 atom stereocenters. The molecule has 2 aromatic heterocycles. The Morgan fingerprint density at radius 1 is 1.43 bits per heavy atom. The average molecular weight is 306 g/mol. The van der Waals surface area contributed by atoms with E-state index in [0.717, 1.165) is 11.5 Å². The lowest BCUT2D eigenvalue weighted by atomic mass is 10.2. The van der Waals surface area contributed by atoms with Crippen molar-refractivity contribution >= 4 is 22.2 Å². The van der Waals surface area contributed by atoms with Gasteiger partial charge in [-0.1, -0.05) is 19.0 Å². The molecule has 1 aliphatic rings. The largest absolute Gasteiger partial charge is 0.338 e. The lowest BCUT2D eigenvalue weighted by Gasteiger charge is -2.32. The molecular formula is C14H18N4O2S. The van der Waals surface area contributed by atoms with Crippen molar-refractivity contribution < 1.29 is 9.32 Å². The van der Waals surface area contributed by atoms with E-state index >= 15 is 0 Å². The molecule has 0 saturated carbocycles. The van der Waals surface area contributed by atoms with Crippen molar-refractivity contribution in [3.63, 3.8) is 0 Å². The maximum atomic E-state index is 12.2. The number of aromatic nitrogens is 2. The predicted molar refractivity (Wildman–Crippen MR) is 80.3 cm³/mol. The highest BCUT2D eigenvalue weighted by molar-refractivity contribution is 7.14. The van der Waals surface area contributed by atoms with E-state index < -0.39 is 0 Å². The summed E-state index contributed by atoms with van der Waals surface area (Å²) in [5, 5.41) is 6.95. The standard InChI is InChI=1S/C14H18N4O2S/c1-10(2)14-15-11(20-16-14)8-17-5-6-18(12(19)9-17)13-4-3-7-21-13/h3-4,7,10H,5-6,8-9H2,1-2H3. The third kappa shape index (κ3) is 3.14. The highest BCUT2D eigenvalue weighted by Gasteiger charge is 2.26. The Hall–Kier alpha value is -1.73. The molecule has 7 heteroatoms. The molecule has 0 aliphatic carbocycles. The number of rotatable bonds is 4. The molecule has 0 spiro atoms. The molecule has 2 aromatic rings. The molecule has 1 amide bonds. The SMILES string of the molecule is CC(C)c1noc(CN2CCN(c3cccs3)C(=O)C2)n1. The first-order chi connectivity index (χ1) is 10.1. The van der Waals surface area contributed by atoms with Crippen LogP contribution in [-0.4, -0.2) is 40.6 Å². The van der Waals surface area contributed by atoms with Gasteiger partial charge in [0, 0.05) is 19.0 Å². The minimum atomic E-state index is 0.118. The fraction of sp³-hybridized carbons (Fsp3) is 0.500. The van der Waals surface area contributed by atoms with Gasteiger partial charge in [-0.15, -0.1) is 11.3 Å². The Morgan fingerprint density at radius 3 is 2.90 bits per heavy atom. The molecule has 3 heterocycles. The van der Waals surface area contributed by atoms with Gasteiger partial charge in [0.05, 0.1) is 18.1 Å². The number of carbonyl (C=O) groups is 1. The number of piperazine rings is 1. The summed E-state index contributed by atoms with van der Waals surface area (Å²) in [6, 6.07) is 3.94. The number of carbonyl (C=O) groups excluding carboxylic acids is 1. The van der Waals surface area contributed by atoms with Gasteiger partial charge in [-0.3, -0.25) is 9.69 Å². The lowest BCUT2D eigenvalue weighted by molar-refractivity contribution is -0.121. The topological polar surface area (TPSA) is 62.5 Å². The third-order valence-electron chi connectivity index (χ3n) is 3.43. The molecule has 0 bridgehead atoms. The molecule has 1 aliphatic heterocycles. The Labute approximate surface area is 127 Å². The van der Waals surface area contributed by atoms with Gasteiger partial charge in [0.15, 0.2) is 5.82 Å². The number of anilines is 1. The van der Waals surface area contributed by atoms with Crippen LogP contribution in [0.1, 0.15) is 31.5 Å². The summed E-state index contributed by atoms with van der Waals surface area (Å²) in [4.78, 5) is 20.5. The van der Waals surface area contributed by atoms with Gasteiger partial charge in [0.25, 0.3) is 0 Å². The molecule has 6 nitrogen and oxygen atoms in total. The molecule has 3 rings (SSSR count). The van der Waals surface area contributed by atoms with Crippen LogP contribution in [0.15, 0.2) is 22.0 Å². The van der Waals surface area contributed by atoms with Gasteiger partial charge >= 0.3 is 0 Å². The number of amides is 1. The number of hydrogen-bond acceptors (Lipinski definition) is 6. The third-order valence-corrected chi connectivity index (χ3v) is 4.32. The molecule has 1 fully saturated rings. The zero-order valence-electron chi connectivity index (χ0n) is 12.2. The van der Waals surface area contributed by atoms with Gasteiger partial charge in [0.1, 0.15) is 0 Å². The normalized spacial score (nSPS) is 16.9. The Bertz CT molecular complexity index is 608. The Balaban J connectivity index is 1.60. The van der Waals surface area contributed by atoms with Crippen LogP contribution in [-0.2, 0) is 11.3 Å². The fourth-order valence-corrected chi connectivity index (χ4v) is 3.05. The van der Waals surface area contributed by atoms with E-state index in [1.807, 2.05) is 41.2 Å². The summed E-state index contributed by atoms with van der Waals surface area (Å²) in [6.07, 6.45) is 0. The van der Waals surface area contributed by atoms with E-state index in [0.29, 0.717) is 31.3 Å². The molecule has 0 radical (unpaired) electrons. The zero-order chi connectivity index (χ0) is 14.8. The van der Waals surface area contributed by atoms with Gasteiger partial charge in [-0.25, -0.2) is 0 Å². The van der Waals surface area contributed by atoms with Gasteiger partial charge in [-0.05, 0) is 17.5 Å². The van der Waals surface area contributed by atoms with E-state index in [1.165, 1.54) is 0 Å². The maximum absolute atomic E-state index is 12.2. The van der Waals surface area contributed by atoms with Crippen molar-refractivity contribution in [2.75, 3.05) is 24.5 Å². The molecule has 1 saturated heterocycles. The summed E-state index contributed by atoms with van der Waals surface area (Å²) in [6.45, 7) is 6.48. The highest BCUT2D eigenvalue weighted by atomic mass is 32.1. The molecule has 0 N–H and O–H groups in total. The summed E-state index contributed by atoms with van der Waals surface area (Å²) in [5.74, 6) is 1.66. The quantitative estimate of drug-likeness (QED) is 0.865. The van der Waals surface area contributed by atoms with Crippen LogP contribution in [0.3, 0.4) is 0 Å². The van der Waals surface area contributed by atoms with E-state index in [-0.39, 0.29) is 11.8 Å². The molecule has 0 unspecified atom stereocenters. The Morgan fingerprint density at radius 2 is 2.29 bits per heavy atom. The van der Waals surface area contributed by atoms with Crippen LogP contribution >= 0.6 is 11.3 Å². The van der Waals surface area contributed by atoms with Crippen molar-refractivity contribution in [1.29, 1.82) is 0 Å². The molecule has 112 valence electrons. The number of hydrogen-bond donors (Lipinski definition) is 0. The summed E-state index contributed by atoms with van der Waals surface area (Å²) in [5.41, 5.74) is 0. The second-order valence-electron chi connectivity index (χ2n) is 5.41. The number of nitrogens with zero attached hydrogens (tertiary/aromatic N) is 4. The summed E-state index contributed by atoms with van der Waals surface area (Å²) < 4.78 is 5.24. The van der Waals surface area contributed by atoms with Crippen LogP contribution in [0.25, 0.3) is 0 Å². The van der Waals surface area contributed by atoms with Crippen LogP contribution < -0.4 is 4.90 Å². The number of thiophene rings is 1. The monoisotopic (exact) mass is 306 g/mol. The van der Waals surface area contributed by atoms with E-state index in [2.05, 4.69) is 10.1 Å². The highest BCUT2D eigenvalue weighted by Crippen LogP contribution is 2.23. The van der Waals surface area contributed by atoms with E-state index in [4.69, 9.17) is 4.52 Å². The van der Waals surface area contributed by atoms with Crippen molar-refractivity contribution in [3.8, 4) is 0 Å². The average Bonchev–Trinajstić information content (AvgIpc) is 3.09. The van der Waals surface area contributed by atoms with Gasteiger partial charge < -0.3 is 9.42 Å². The first kappa shape index (κ1) is 14.2. The predicted octanol–water partition coefficient (Wildman–Crippen LogP) is 2.10. The van der Waals surface area contributed by atoms with Crippen LogP contribution in [0.2, 0.25) is 0 Å². The van der Waals surface area contributed by atoms with Gasteiger partial charge in [-0.2, -0.15) is 4.98 Å². The zero-order valence-corrected chi connectivity index (χ0v) is 13.0. The summed E-state index contributed by atoms with van der Waals surface area (Å²) >= 11 is 1.59. The molecule has 21 heavy (non-hydrogen) atoms. The van der Waals surface area contributed by atoms with Crippen molar-refractivity contribution in [2.45, 2.75) is 26.3 Å². The molecular weight excluding hydrogens is 288 g/mol. The summed E-state index contributed by atoms with van der Waals surface area (Å²) in [7, 11) is 0. The van der Waals surface area contributed by atoms with E-state index in [1.54, 1.807) is 11.3 Å². The molecule has 0 aromatic carbocycles. The second kappa shape index (κ2) is 5.95. The smallest absolute Gasteiger partial charge is 0.241 e. The van der Waals surface area contributed by atoms with E-state index in [9.17, 15) is 4.79 Å². The first-order valence-electron chi connectivity index (χ1n) is 7.02. The van der Waals surface area contributed by atoms with Crippen LogP contribution in [0, 0.1) is 0 Å². The fourth-order valence-electron chi connectivity index (χ4n) is 2.27. The maximum Gasteiger partial charge on any atom is 0.241 e.